The first-order chi connectivity index (χ1) is 14.5. The van der Waals surface area contributed by atoms with Gasteiger partial charge in [0.05, 0.1) is 29.0 Å². The molecule has 1 aliphatic heterocycles. The lowest BCUT2D eigenvalue weighted by Crippen LogP contribution is -2.31. The molecule has 1 heterocycles. The van der Waals surface area contributed by atoms with E-state index in [4.69, 9.17) is 4.74 Å². The highest BCUT2D eigenvalue weighted by Gasteiger charge is 2.29. The maximum atomic E-state index is 12.3. The fourth-order valence-corrected chi connectivity index (χ4v) is 4.03. The Balaban J connectivity index is 1.72. The largest absolute Gasteiger partial charge is 0.494 e. The number of hydrogen-bond donors (Lipinski definition) is 2. The second kappa shape index (κ2) is 9.99. The highest BCUT2D eigenvalue weighted by Crippen LogP contribution is 2.36. The molecule has 1 atom stereocenters. The zero-order valence-corrected chi connectivity index (χ0v) is 17.7. The van der Waals surface area contributed by atoms with Crippen LogP contribution >= 0.6 is 11.8 Å². The molecule has 0 saturated carbocycles. The highest BCUT2D eigenvalue weighted by molar-refractivity contribution is 8.03. The maximum Gasteiger partial charge on any atom is 0.234 e. The van der Waals surface area contributed by atoms with Gasteiger partial charge in [0, 0.05) is 18.0 Å². The summed E-state index contributed by atoms with van der Waals surface area (Å²) in [5, 5.41) is 15.8. The van der Waals surface area contributed by atoms with Crippen LogP contribution in [0.25, 0.3) is 0 Å². The van der Waals surface area contributed by atoms with E-state index in [9.17, 15) is 14.9 Å². The van der Waals surface area contributed by atoms with Gasteiger partial charge in [-0.1, -0.05) is 41.6 Å². The zero-order valence-electron chi connectivity index (χ0n) is 16.9. The van der Waals surface area contributed by atoms with Crippen molar-refractivity contribution in [1.82, 2.24) is 5.32 Å². The summed E-state index contributed by atoms with van der Waals surface area (Å²) in [6.45, 7) is 4.46. The first kappa shape index (κ1) is 21.5. The number of hydrogen-bond acceptors (Lipinski definition) is 5. The number of rotatable bonds is 7. The Morgan fingerprint density at radius 2 is 1.93 bits per heavy atom. The fraction of sp³-hybridized carbons (Fsp3) is 0.261. The van der Waals surface area contributed by atoms with Crippen molar-refractivity contribution in [3.05, 3.63) is 70.3 Å². The molecule has 1 aliphatic rings. The van der Waals surface area contributed by atoms with E-state index in [0.29, 0.717) is 22.9 Å². The number of carbonyl (C=O) groups is 2. The molecule has 2 N–H and O–H groups in total. The van der Waals surface area contributed by atoms with E-state index < -0.39 is 0 Å². The number of nitrogens with one attached hydrogen (secondary N) is 2. The van der Waals surface area contributed by atoms with Gasteiger partial charge in [-0.25, -0.2) is 0 Å². The topological polar surface area (TPSA) is 91.2 Å². The van der Waals surface area contributed by atoms with E-state index in [1.165, 1.54) is 0 Å². The fourth-order valence-electron chi connectivity index (χ4n) is 3.15. The molecule has 6 nitrogen and oxygen atoms in total. The van der Waals surface area contributed by atoms with Gasteiger partial charge < -0.3 is 15.4 Å². The van der Waals surface area contributed by atoms with Gasteiger partial charge in [-0.2, -0.15) is 5.26 Å². The number of ether oxygens (including phenoxy) is 1. The van der Waals surface area contributed by atoms with Crippen LogP contribution < -0.4 is 15.4 Å². The number of allylic oxidation sites excluding steroid dienone is 1. The van der Waals surface area contributed by atoms with Crippen molar-refractivity contribution in [1.29, 1.82) is 5.26 Å². The third-order valence-corrected chi connectivity index (χ3v) is 5.65. The summed E-state index contributed by atoms with van der Waals surface area (Å²) in [7, 11) is 0. The van der Waals surface area contributed by atoms with Crippen molar-refractivity contribution in [2.45, 2.75) is 26.2 Å². The summed E-state index contributed by atoms with van der Waals surface area (Å²) < 4.78 is 5.46. The number of benzene rings is 2. The first-order valence-electron chi connectivity index (χ1n) is 9.66. The van der Waals surface area contributed by atoms with Crippen molar-refractivity contribution in [3.63, 3.8) is 0 Å². The molecule has 30 heavy (non-hydrogen) atoms. The van der Waals surface area contributed by atoms with Crippen molar-refractivity contribution in [3.8, 4) is 11.8 Å². The molecule has 0 bridgehead atoms. The van der Waals surface area contributed by atoms with Crippen molar-refractivity contribution >= 4 is 29.3 Å². The van der Waals surface area contributed by atoms with Gasteiger partial charge in [0.2, 0.25) is 11.8 Å². The average molecular weight is 422 g/mol. The second-order valence-corrected chi connectivity index (χ2v) is 7.85. The minimum atomic E-state index is -0.345. The lowest BCUT2D eigenvalue weighted by atomic mass is 9.87. The third-order valence-electron chi connectivity index (χ3n) is 4.63. The zero-order chi connectivity index (χ0) is 21.5. The van der Waals surface area contributed by atoms with Crippen LogP contribution in [0.4, 0.5) is 5.69 Å². The van der Waals surface area contributed by atoms with Gasteiger partial charge in [0.15, 0.2) is 0 Å². The predicted octanol–water partition coefficient (Wildman–Crippen LogP) is 4.10. The number of nitrogens with zero attached hydrogens (tertiary/aromatic N) is 1. The summed E-state index contributed by atoms with van der Waals surface area (Å²) in [5.74, 6) is 0.110. The van der Waals surface area contributed by atoms with E-state index >= 15 is 0 Å². The standard InChI is InChI=1S/C23H23N3O3S/c1-3-29-18-10-6-16(7-11-18)19-12-21(27)26-23(20(19)13-24)30-14-22(28)25-17-8-4-15(2)5-9-17/h4-11,19H,3,12,14H2,1-2H3,(H,25,28)(H,26,27)/t19-/m1/s1. The van der Waals surface area contributed by atoms with Gasteiger partial charge in [0.25, 0.3) is 0 Å². The predicted molar refractivity (Wildman–Crippen MR) is 118 cm³/mol. The van der Waals surface area contributed by atoms with E-state index in [1.54, 1.807) is 0 Å². The van der Waals surface area contributed by atoms with Gasteiger partial charge in [-0.15, -0.1) is 0 Å². The van der Waals surface area contributed by atoms with E-state index in [0.717, 1.165) is 28.6 Å². The molecule has 2 aromatic rings. The van der Waals surface area contributed by atoms with Gasteiger partial charge in [-0.3, -0.25) is 9.59 Å². The van der Waals surface area contributed by atoms with Crippen molar-refractivity contribution in [2.24, 2.45) is 0 Å². The first-order valence-corrected chi connectivity index (χ1v) is 10.6. The van der Waals surface area contributed by atoms with Crippen LogP contribution in [-0.4, -0.2) is 24.2 Å². The molecule has 0 radical (unpaired) electrons. The molecule has 0 aliphatic carbocycles. The van der Waals surface area contributed by atoms with Crippen LogP contribution in [-0.2, 0) is 9.59 Å². The van der Waals surface area contributed by atoms with Gasteiger partial charge in [0.1, 0.15) is 5.75 Å². The monoisotopic (exact) mass is 421 g/mol. The second-order valence-electron chi connectivity index (χ2n) is 6.86. The Kier molecular flexibility index (Phi) is 7.15. The number of nitriles is 1. The molecule has 0 saturated heterocycles. The summed E-state index contributed by atoms with van der Waals surface area (Å²) in [6.07, 6.45) is 0.191. The van der Waals surface area contributed by atoms with Crippen molar-refractivity contribution < 1.29 is 14.3 Å². The lowest BCUT2D eigenvalue weighted by Gasteiger charge is -2.25. The van der Waals surface area contributed by atoms with Crippen LogP contribution in [0, 0.1) is 18.3 Å². The minimum Gasteiger partial charge on any atom is -0.494 e. The van der Waals surface area contributed by atoms with Gasteiger partial charge >= 0.3 is 0 Å². The Labute approximate surface area is 180 Å². The Morgan fingerprint density at radius 3 is 2.57 bits per heavy atom. The van der Waals surface area contributed by atoms with E-state index in [1.807, 2.05) is 62.4 Å². The van der Waals surface area contributed by atoms with Crippen LogP contribution in [0.3, 0.4) is 0 Å². The van der Waals surface area contributed by atoms with E-state index in [2.05, 4.69) is 16.7 Å². The summed E-state index contributed by atoms with van der Waals surface area (Å²) in [4.78, 5) is 24.6. The number of aryl methyl sites for hydroxylation is 1. The number of anilines is 1. The number of thioether (sulfide) groups is 1. The van der Waals surface area contributed by atoms with Crippen LogP contribution in [0.2, 0.25) is 0 Å². The molecular formula is C23H23N3O3S. The van der Waals surface area contributed by atoms with Crippen LogP contribution in [0.5, 0.6) is 5.75 Å². The van der Waals surface area contributed by atoms with Crippen LogP contribution in [0.1, 0.15) is 30.4 Å². The summed E-state index contributed by atoms with van der Waals surface area (Å²) in [5.41, 5.74) is 3.15. The molecule has 7 heteroatoms. The van der Waals surface area contributed by atoms with Crippen molar-refractivity contribution in [2.75, 3.05) is 17.7 Å². The molecule has 3 rings (SSSR count). The summed E-state index contributed by atoms with van der Waals surface area (Å²) in [6, 6.07) is 17.1. The molecule has 0 unspecified atom stereocenters. The third kappa shape index (κ3) is 5.43. The Morgan fingerprint density at radius 1 is 1.23 bits per heavy atom. The molecule has 2 aromatic carbocycles. The Hall–Kier alpha value is -3.24. The molecule has 0 fully saturated rings. The molecule has 154 valence electrons. The SMILES string of the molecule is CCOc1ccc([C@H]2CC(=O)NC(SCC(=O)Nc3ccc(C)cc3)=C2C#N)cc1. The highest BCUT2D eigenvalue weighted by atomic mass is 32.2. The smallest absolute Gasteiger partial charge is 0.234 e. The minimum absolute atomic E-state index is 0.0880. The molecule has 0 aromatic heterocycles. The molecule has 2 amide bonds. The van der Waals surface area contributed by atoms with Crippen LogP contribution in [0.15, 0.2) is 59.1 Å². The quantitative estimate of drug-likeness (QED) is 0.702. The normalized spacial score (nSPS) is 15.9. The summed E-state index contributed by atoms with van der Waals surface area (Å²) >= 11 is 1.16. The number of carbonyl (C=O) groups excluding carboxylic acids is 2. The van der Waals surface area contributed by atoms with Gasteiger partial charge in [-0.05, 0) is 43.7 Å². The lowest BCUT2D eigenvalue weighted by molar-refractivity contribution is -0.121. The average Bonchev–Trinajstić information content (AvgIpc) is 2.74. The molecular weight excluding hydrogens is 398 g/mol. The maximum absolute atomic E-state index is 12.3. The Bertz CT molecular complexity index is 992. The van der Waals surface area contributed by atoms with E-state index in [-0.39, 0.29) is 29.9 Å². The number of amides is 2. The molecule has 0 spiro atoms.